The number of hydrogen-bond donors (Lipinski definition) is 3. The molecule has 0 saturated heterocycles. The van der Waals surface area contributed by atoms with E-state index in [0.29, 0.717) is 59.7 Å². The molecule has 0 aromatic heterocycles. The molecule has 2 radical (unpaired) electrons. The number of nitrogen functional groups attached to an aromatic ring is 1. The van der Waals surface area contributed by atoms with Crippen molar-refractivity contribution in [2.45, 2.75) is 50.4 Å². The summed E-state index contributed by atoms with van der Waals surface area (Å²) in [6.07, 6.45) is 19.4. The molecule has 0 amide bonds. The third kappa shape index (κ3) is 55.2. The number of methoxy groups -OCH3 is 5. The summed E-state index contributed by atoms with van der Waals surface area (Å²) in [5, 5.41) is 23.4. The summed E-state index contributed by atoms with van der Waals surface area (Å²) in [6.45, 7) is 0.899. The average molecular weight is 2200 g/mol. The van der Waals surface area contributed by atoms with Crippen LogP contribution in [0.2, 0.25) is 0 Å². The minimum atomic E-state index is -4.02. The molecule has 42 heteroatoms. The molecule has 1 saturated carbocycles. The van der Waals surface area contributed by atoms with Gasteiger partial charge in [0.15, 0.2) is 6.29 Å². The number of nitro benzene ring substituents is 2. The summed E-state index contributed by atoms with van der Waals surface area (Å²) in [5.41, 5.74) is 12.5. The van der Waals surface area contributed by atoms with E-state index in [1.807, 2.05) is 37.3 Å². The van der Waals surface area contributed by atoms with Crippen LogP contribution in [0.3, 0.4) is 0 Å². The quantitative estimate of drug-likeness (QED) is 0.00435. The molecule has 9 aromatic carbocycles. The van der Waals surface area contributed by atoms with Gasteiger partial charge in [-0.3, -0.25) is 53.5 Å². The van der Waals surface area contributed by atoms with Crippen LogP contribution in [-0.4, -0.2) is 165 Å². The van der Waals surface area contributed by atoms with Gasteiger partial charge in [0.2, 0.25) is 5.24 Å². The minimum Gasteiger partial charge on any atom is 1.00 e. The number of nitro groups is 2. The van der Waals surface area contributed by atoms with Crippen molar-refractivity contribution in [2.24, 2.45) is 10.9 Å². The van der Waals surface area contributed by atoms with Crippen LogP contribution in [0.4, 0.5) is 41.6 Å². The molecule has 684 valence electrons. The fraction of sp³-hybridized carbons (Fsp3) is 0.184. The van der Waals surface area contributed by atoms with Gasteiger partial charge in [-0.05, 0) is 175 Å². The molecule has 1 aliphatic rings. The van der Waals surface area contributed by atoms with Gasteiger partial charge in [-0.15, -0.1) is 0 Å². The Bertz CT molecular complexity index is 5590. The van der Waals surface area contributed by atoms with E-state index in [1.165, 1.54) is 178 Å². The molecule has 129 heavy (non-hydrogen) atoms. The summed E-state index contributed by atoms with van der Waals surface area (Å²) in [4.78, 5) is 109. The Hall–Kier alpha value is -9.61. The van der Waals surface area contributed by atoms with Crippen LogP contribution in [0.5, 0.6) is 0 Å². The monoisotopic (exact) mass is 2190 g/mol. The number of benzene rings is 9. The van der Waals surface area contributed by atoms with Crippen LogP contribution in [0, 0.1) is 50.5 Å². The van der Waals surface area contributed by atoms with Crippen LogP contribution >= 0.6 is 84.8 Å². The molecule has 1 atom stereocenters. The van der Waals surface area contributed by atoms with E-state index in [4.69, 9.17) is 46.4 Å². The van der Waals surface area contributed by atoms with Crippen molar-refractivity contribution in [1.82, 2.24) is 0 Å². The molecule has 0 bridgehead atoms. The number of non-ortho nitro benzene ring substituents is 2. The predicted molar refractivity (Wildman–Crippen MR) is 508 cm³/mol. The number of carbonyl (C=O) groups excluding carboxylic acids is 8. The number of esters is 5. The molecular weight excluding hydrogens is 2100 g/mol. The Morgan fingerprint density at radius 1 is 0.589 bits per heavy atom. The second kappa shape index (κ2) is 69.3. The van der Waals surface area contributed by atoms with Gasteiger partial charge in [-0.2, -0.15) is 8.42 Å². The number of ether oxygens (including phenoxy) is 5. The van der Waals surface area contributed by atoms with Crippen molar-refractivity contribution in [3.05, 3.63) is 326 Å². The van der Waals surface area contributed by atoms with Gasteiger partial charge in [0, 0.05) is 123 Å². The first-order valence-electron chi connectivity index (χ1n) is 39.1. The van der Waals surface area contributed by atoms with Crippen molar-refractivity contribution < 1.29 is 143 Å². The number of nitrogens with two attached hydrogens (primary N) is 1. The molecule has 4 N–H and O–H groups in total. The molecule has 28 nitrogen and oxygen atoms in total. The smallest absolute Gasteiger partial charge is 1.00 e. The van der Waals surface area contributed by atoms with Crippen LogP contribution < -0.4 is 40.6 Å². The number of rotatable bonds is 23. The van der Waals surface area contributed by atoms with E-state index in [1.54, 1.807) is 115 Å². The van der Waals surface area contributed by atoms with Crippen molar-refractivity contribution in [1.29, 1.82) is 5.34 Å². The van der Waals surface area contributed by atoms with Crippen LogP contribution in [0.1, 0.15) is 93.1 Å². The number of aldehydes is 2. The van der Waals surface area contributed by atoms with E-state index in [2.05, 4.69) is 90.8 Å². The average Bonchev–Trinajstić information content (AvgIpc) is 0.845. The predicted octanol–water partition coefficient (Wildman–Crippen LogP) is 16.7. The van der Waals surface area contributed by atoms with Gasteiger partial charge >= 0.3 is 104 Å². The number of aryl methyl sites for hydroxylation is 1. The van der Waals surface area contributed by atoms with Gasteiger partial charge in [-0.25, -0.2) is 37.7 Å². The molecule has 1 fully saturated rings. The van der Waals surface area contributed by atoms with Crippen molar-refractivity contribution in [2.75, 3.05) is 67.0 Å². The van der Waals surface area contributed by atoms with Crippen molar-refractivity contribution in [3.63, 3.8) is 0 Å². The Morgan fingerprint density at radius 3 is 1.39 bits per heavy atom. The Morgan fingerprint density at radius 2 is 0.992 bits per heavy atom. The third-order valence-corrected chi connectivity index (χ3v) is 19.9. The van der Waals surface area contributed by atoms with Gasteiger partial charge in [0.1, 0.15) is 29.9 Å². The number of anilines is 2. The van der Waals surface area contributed by atoms with E-state index in [-0.39, 0.29) is 86.1 Å². The Balaban J connectivity index is 0. The van der Waals surface area contributed by atoms with Crippen LogP contribution in [0.25, 0.3) is 24.3 Å². The summed E-state index contributed by atoms with van der Waals surface area (Å²) in [6, 6.07) is 52.8. The van der Waals surface area contributed by atoms with Gasteiger partial charge in [0.25, 0.3) is 21.5 Å². The van der Waals surface area contributed by atoms with Crippen molar-refractivity contribution in [3.8, 4) is 0 Å². The zero-order valence-electron chi connectivity index (χ0n) is 75.5. The molecule has 1 unspecified atom stereocenters. The SMILES string of the molecule is COC(=O)/C=C/c1cccc(N)c1.COC(=O)/C=C/c1cccc(N=Cc2ccc(Br)cc2F)c1.COC(=O)/C=C/c1cccc([N+](=O)[O-])c1.COC(=O)CP(=O)(OC)OC.Cc1ccc(S(=O)(=O)O)cc1.O=C(Cl)C1CCCCC1.O=Cc1ccc(Br)cc1F.O=Cc1cccc([N+](=O)[O-])c1.[2H]C(Nc1cccc(/C=C/C(=O)OC)c1)c1ccc(Br)cc1F.[2H][B-]([2H])([2H])[2H].[Cl][Sn][Cl].[Na+]. The summed E-state index contributed by atoms with van der Waals surface area (Å²) >= 11 is 14.0. The maximum absolute atomic E-state index is 13.9. The number of carbonyl (C=O) groups is 8. The van der Waals surface area contributed by atoms with E-state index < -0.39 is 96.7 Å². The molecular formula is C87H91BBr3Cl3F3N5NaO23PSSn. The summed E-state index contributed by atoms with van der Waals surface area (Å²) in [5.74, 6) is -3.47. The Kier molecular flexibility index (Phi) is 60.1. The number of aliphatic imine (C=N–C) groups is 1. The summed E-state index contributed by atoms with van der Waals surface area (Å²) in [7, 11) is 8.49. The maximum atomic E-state index is 13.9. The van der Waals surface area contributed by atoms with Gasteiger partial charge in [0.05, 0.1) is 62.9 Å². The topological polar surface area (TPSA) is 409 Å². The molecule has 0 heterocycles. The summed E-state index contributed by atoms with van der Waals surface area (Å²) < 4.78 is 146. The van der Waals surface area contributed by atoms with E-state index >= 15 is 0 Å². The van der Waals surface area contributed by atoms with Gasteiger partial charge in [-0.1, -0.05) is 160 Å². The number of nitrogens with zero attached hydrogens (tertiary/aromatic N) is 3. The van der Waals surface area contributed by atoms with Crippen LogP contribution in [0.15, 0.2) is 248 Å². The maximum Gasteiger partial charge on any atom is 1.00 e. The zero-order chi connectivity index (χ0) is 101. The molecule has 10 rings (SSSR count). The first kappa shape index (κ1) is 112. The number of halogens is 9. The van der Waals surface area contributed by atoms with E-state index in [9.17, 15) is 84.7 Å². The first-order valence-corrected chi connectivity index (χ1v) is 49.4. The molecule has 1 aliphatic carbocycles. The van der Waals surface area contributed by atoms with E-state index in [0.717, 1.165) is 35.1 Å². The van der Waals surface area contributed by atoms with Crippen molar-refractivity contribution >= 4 is 229 Å². The fourth-order valence-corrected chi connectivity index (χ4v) is 11.6. The first-order chi connectivity index (χ1) is 62.7. The third-order valence-electron chi connectivity index (χ3n) is 15.5. The van der Waals surface area contributed by atoms with Gasteiger partial charge < -0.3 is 43.8 Å². The second-order valence-electron chi connectivity index (χ2n) is 24.5. The number of hydrogen-bond acceptors (Lipinski definition) is 25. The normalized spacial score (nSPS) is 11.9. The zero-order valence-corrected chi connectivity index (χ0v) is 84.1. The molecule has 9 aromatic rings. The Labute approximate surface area is 823 Å². The standard InChI is InChI=1S/C17H15BrFNO2.C17H13BrFNO2.C10H9NO4.C10H11NO2.C7H4BrFO.C7H11ClO.C7H5NO3.C7H8O3S.C5H11O5P.BH4.2ClH.Na.Sn/c2*1-22-17(21)8-5-12-3-2-4-15(9-12)20-11-13-6-7-14(18)10-16(13)19;1-15-10(12)6-5-8-3-2-4-9(7-8)11(13)14;1-13-10(12)6-5-8-3-2-4-9(11)7-8;8-6-2-1-5(4-10)7(9)3-6;8-7(9)6-4-2-1-3-5-6;9-5-6-2-1-3-7(4-6)8(10)11;1-6-2-4-7(5-3-6)11(8,9)10;1-8-5(6)4-11(7,9-2)10-3;;;;;/h2-10,20H,11H2,1H3;2-11H,1H3;2-7H,1H3;2-7H,11H2,1H3;1-4H;6H,1-5H2;1-5H;2-5H,1H3,(H,8,9,10);4H2,1-3H3;1H4;2*1H;;/q;;;;;;;;;-1;;;+1;+2/p-2/b8-5+;8-5+,20-11?;2*6-5+;;;;;;;;;;/i11D;;;;;;;;;1D4;;;;. The van der Waals surface area contributed by atoms with Crippen LogP contribution in [-0.2, 0) is 82.7 Å². The molecule has 0 spiro atoms. The molecule has 0 aliphatic heterocycles. The minimum absolute atomic E-state index is 0. The largest absolute Gasteiger partial charge is 1.00 e. The second-order valence-corrected chi connectivity index (χ2v) is 35.6. The number of nitrogens with one attached hydrogen (secondary N) is 1. The fourth-order valence-electron chi connectivity index (χ4n) is 9.08.